The minimum Gasteiger partial charge on any atom is -0.506 e. The first kappa shape index (κ1) is 15.5. The molecule has 0 unspecified atom stereocenters. The highest BCUT2D eigenvalue weighted by Crippen LogP contribution is 2.32. The van der Waals surface area contributed by atoms with Crippen LogP contribution in [0.2, 0.25) is 0 Å². The number of hydrogen-bond acceptors (Lipinski definition) is 4. The molecule has 1 heterocycles. The van der Waals surface area contributed by atoms with Gasteiger partial charge in [-0.05, 0) is 63.4 Å². The molecule has 2 aromatic rings. The van der Waals surface area contributed by atoms with Gasteiger partial charge in [0, 0.05) is 17.6 Å². The number of aromatic nitrogens is 1. The number of halogens is 2. The van der Waals surface area contributed by atoms with E-state index in [1.165, 1.54) is 5.69 Å². The van der Waals surface area contributed by atoms with Crippen molar-refractivity contribution in [2.24, 2.45) is 10.2 Å². The Morgan fingerprint density at radius 1 is 1.35 bits per heavy atom. The molecule has 0 aliphatic rings. The second-order valence-corrected chi connectivity index (χ2v) is 6.63. The Morgan fingerprint density at radius 3 is 2.60 bits per heavy atom. The topological polar surface area (TPSA) is 49.9 Å². The maximum absolute atomic E-state index is 9.64. The van der Waals surface area contributed by atoms with Gasteiger partial charge in [0.15, 0.2) is 0 Å². The molecule has 1 N–H and O–H groups in total. The second-order valence-electron chi connectivity index (χ2n) is 4.08. The number of phenolic OH excluding ortho intramolecular Hbond substituents is 1. The van der Waals surface area contributed by atoms with Gasteiger partial charge in [0.2, 0.25) is 4.80 Å². The summed E-state index contributed by atoms with van der Waals surface area (Å²) in [6.45, 7) is 5.01. The number of hydrogen-bond donors (Lipinski definition) is 1. The van der Waals surface area contributed by atoms with Crippen LogP contribution in [-0.2, 0) is 6.54 Å². The fraction of sp³-hybridized carbons (Fsp3) is 0.231. The quantitative estimate of drug-likeness (QED) is 0.593. The summed E-state index contributed by atoms with van der Waals surface area (Å²) in [5, 5.41) is 20.0. The van der Waals surface area contributed by atoms with Crippen molar-refractivity contribution in [1.29, 1.82) is 0 Å². The molecule has 0 fully saturated rings. The molecule has 0 aliphatic heterocycles. The highest BCUT2D eigenvalue weighted by Gasteiger charge is 2.04. The molecule has 0 aliphatic carbocycles. The van der Waals surface area contributed by atoms with E-state index in [0.29, 0.717) is 8.95 Å². The number of rotatable bonds is 3. The largest absolute Gasteiger partial charge is 0.506 e. The lowest BCUT2D eigenvalue weighted by Gasteiger charge is -2.01. The van der Waals surface area contributed by atoms with Crippen molar-refractivity contribution in [3.63, 3.8) is 0 Å². The van der Waals surface area contributed by atoms with Crippen LogP contribution in [0.3, 0.4) is 0 Å². The minimum atomic E-state index is 0.178. The number of thiazole rings is 1. The molecule has 4 nitrogen and oxygen atoms in total. The third-order valence-electron chi connectivity index (χ3n) is 2.70. The van der Waals surface area contributed by atoms with E-state index in [2.05, 4.69) is 65.9 Å². The van der Waals surface area contributed by atoms with Gasteiger partial charge in [0.1, 0.15) is 5.75 Å². The van der Waals surface area contributed by atoms with Crippen molar-refractivity contribution in [2.45, 2.75) is 20.4 Å². The van der Waals surface area contributed by atoms with Crippen LogP contribution < -0.4 is 4.80 Å². The van der Waals surface area contributed by atoms with E-state index in [1.807, 2.05) is 0 Å². The average Bonchev–Trinajstić information content (AvgIpc) is 2.76. The van der Waals surface area contributed by atoms with E-state index >= 15 is 0 Å². The van der Waals surface area contributed by atoms with E-state index in [1.54, 1.807) is 29.7 Å². The third-order valence-corrected chi connectivity index (χ3v) is 4.88. The summed E-state index contributed by atoms with van der Waals surface area (Å²) in [4.78, 5) is 0.873. The molecule has 106 valence electrons. The number of benzene rings is 1. The first-order valence-corrected chi connectivity index (χ1v) is 8.39. The molecule has 0 amide bonds. The third kappa shape index (κ3) is 3.39. The molecule has 0 atom stereocenters. The summed E-state index contributed by atoms with van der Waals surface area (Å²) in [5.41, 5.74) is 2.03. The highest BCUT2D eigenvalue weighted by atomic mass is 79.9. The van der Waals surface area contributed by atoms with Gasteiger partial charge < -0.3 is 9.67 Å². The average molecular weight is 419 g/mol. The lowest BCUT2D eigenvalue weighted by molar-refractivity contribution is 0.468. The summed E-state index contributed by atoms with van der Waals surface area (Å²) >= 11 is 8.14. The molecular formula is C13H13Br2N3OS. The van der Waals surface area contributed by atoms with Gasteiger partial charge in [0.05, 0.1) is 15.2 Å². The fourth-order valence-electron chi connectivity index (χ4n) is 1.68. The van der Waals surface area contributed by atoms with Gasteiger partial charge in [0.25, 0.3) is 0 Å². The standard InChI is InChI=1S/C13H13Br2N3OS/c1-3-18-8(2)7-20-13(18)17-16-6-9-4-10(14)12(19)11(15)5-9/h4-7,19H,3H2,1-2H3/b16-6+,17-13?. The monoisotopic (exact) mass is 417 g/mol. The first-order chi connectivity index (χ1) is 9.52. The molecule has 1 aromatic heterocycles. The van der Waals surface area contributed by atoms with Crippen molar-refractivity contribution in [3.8, 4) is 5.75 Å². The van der Waals surface area contributed by atoms with Crippen LogP contribution in [-0.4, -0.2) is 15.9 Å². The van der Waals surface area contributed by atoms with E-state index in [9.17, 15) is 5.11 Å². The van der Waals surface area contributed by atoms with Gasteiger partial charge in [-0.15, -0.1) is 16.4 Å². The molecular weight excluding hydrogens is 406 g/mol. The Morgan fingerprint density at radius 2 is 2.00 bits per heavy atom. The molecule has 0 radical (unpaired) electrons. The van der Waals surface area contributed by atoms with Crippen molar-refractivity contribution < 1.29 is 5.11 Å². The van der Waals surface area contributed by atoms with Gasteiger partial charge in [-0.2, -0.15) is 5.10 Å². The van der Waals surface area contributed by atoms with Gasteiger partial charge >= 0.3 is 0 Å². The summed E-state index contributed by atoms with van der Waals surface area (Å²) in [6.07, 6.45) is 1.66. The van der Waals surface area contributed by atoms with Crippen LogP contribution in [0.25, 0.3) is 0 Å². The maximum Gasteiger partial charge on any atom is 0.210 e. The highest BCUT2D eigenvalue weighted by molar-refractivity contribution is 9.11. The van der Waals surface area contributed by atoms with Crippen molar-refractivity contribution in [3.05, 3.63) is 42.5 Å². The fourth-order valence-corrected chi connectivity index (χ4v) is 3.80. The smallest absolute Gasteiger partial charge is 0.210 e. The van der Waals surface area contributed by atoms with Crippen molar-refractivity contribution in [2.75, 3.05) is 0 Å². The Labute approximate surface area is 137 Å². The van der Waals surface area contributed by atoms with E-state index < -0.39 is 0 Å². The molecule has 0 spiro atoms. The molecule has 7 heteroatoms. The summed E-state index contributed by atoms with van der Waals surface area (Å²) in [5.74, 6) is 0.178. The number of aromatic hydroxyl groups is 1. The molecule has 20 heavy (non-hydrogen) atoms. The summed E-state index contributed by atoms with van der Waals surface area (Å²) in [6, 6.07) is 3.57. The Bertz CT molecular complexity index is 696. The summed E-state index contributed by atoms with van der Waals surface area (Å²) < 4.78 is 3.33. The Balaban J connectivity index is 2.30. The molecule has 0 saturated heterocycles. The predicted octanol–water partition coefficient (Wildman–Crippen LogP) is 4.04. The first-order valence-electron chi connectivity index (χ1n) is 5.93. The number of nitrogens with zero attached hydrogens (tertiary/aromatic N) is 3. The van der Waals surface area contributed by atoms with Crippen LogP contribution in [0, 0.1) is 6.92 Å². The minimum absolute atomic E-state index is 0.178. The Hall–Kier alpha value is -0.920. The summed E-state index contributed by atoms with van der Waals surface area (Å²) in [7, 11) is 0. The lowest BCUT2D eigenvalue weighted by atomic mass is 10.2. The zero-order valence-corrected chi connectivity index (χ0v) is 15.0. The van der Waals surface area contributed by atoms with Gasteiger partial charge in [-0.1, -0.05) is 0 Å². The zero-order valence-electron chi connectivity index (χ0n) is 11.0. The Kier molecular flexibility index (Phi) is 5.17. The van der Waals surface area contributed by atoms with Crippen LogP contribution in [0.5, 0.6) is 5.75 Å². The van der Waals surface area contributed by atoms with Crippen LogP contribution in [0.4, 0.5) is 0 Å². The van der Waals surface area contributed by atoms with Crippen LogP contribution >= 0.6 is 43.2 Å². The molecule has 0 saturated carbocycles. The van der Waals surface area contributed by atoms with E-state index in [4.69, 9.17) is 0 Å². The number of aryl methyl sites for hydroxylation is 1. The molecule has 2 rings (SSSR count). The van der Waals surface area contributed by atoms with Crippen LogP contribution in [0.1, 0.15) is 18.2 Å². The SMILES string of the molecule is CCn1c(C)csc1=N/N=C/c1cc(Br)c(O)c(Br)c1. The normalized spacial score (nSPS) is 12.5. The lowest BCUT2D eigenvalue weighted by Crippen LogP contribution is -2.14. The second kappa shape index (κ2) is 6.69. The zero-order chi connectivity index (χ0) is 14.7. The van der Waals surface area contributed by atoms with Crippen molar-refractivity contribution in [1.82, 2.24) is 4.57 Å². The predicted molar refractivity (Wildman–Crippen MR) is 89.4 cm³/mol. The maximum atomic E-state index is 9.64. The number of phenols is 1. The van der Waals surface area contributed by atoms with E-state index in [-0.39, 0.29) is 5.75 Å². The van der Waals surface area contributed by atoms with Crippen molar-refractivity contribution >= 4 is 49.4 Å². The molecule has 0 bridgehead atoms. The van der Waals surface area contributed by atoms with E-state index in [0.717, 1.165) is 16.9 Å². The van der Waals surface area contributed by atoms with Gasteiger partial charge in [-0.3, -0.25) is 0 Å². The molecule has 1 aromatic carbocycles. The van der Waals surface area contributed by atoms with Gasteiger partial charge in [-0.25, -0.2) is 0 Å². The van der Waals surface area contributed by atoms with Crippen LogP contribution in [0.15, 0.2) is 36.7 Å².